The third kappa shape index (κ3) is 4.21. The predicted molar refractivity (Wildman–Crippen MR) is 72.4 cm³/mol. The van der Waals surface area contributed by atoms with Gasteiger partial charge in [-0.25, -0.2) is 4.98 Å². The number of aromatic nitrogens is 3. The van der Waals surface area contributed by atoms with Crippen molar-refractivity contribution >= 4 is 5.91 Å². The van der Waals surface area contributed by atoms with Crippen LogP contribution in [-0.2, 0) is 17.6 Å². The lowest BCUT2D eigenvalue weighted by Crippen LogP contribution is -2.32. The maximum atomic E-state index is 11.9. The SMILES string of the molecule is C[C@H](Cc1ccccc1)C(=O)NCCc1ncn[nH]1. The molecule has 1 aromatic heterocycles. The number of hydrogen-bond acceptors (Lipinski definition) is 3. The minimum absolute atomic E-state index is 0.0304. The van der Waals surface area contributed by atoms with Crippen LogP contribution in [0, 0.1) is 5.92 Å². The summed E-state index contributed by atoms with van der Waals surface area (Å²) in [5, 5.41) is 9.44. The normalized spacial score (nSPS) is 12.1. The lowest BCUT2D eigenvalue weighted by molar-refractivity contribution is -0.124. The Morgan fingerprint density at radius 3 is 2.84 bits per heavy atom. The molecule has 1 heterocycles. The molecule has 0 radical (unpaired) electrons. The first-order valence-corrected chi connectivity index (χ1v) is 6.41. The van der Waals surface area contributed by atoms with Crippen LogP contribution >= 0.6 is 0 Å². The second-order valence-corrected chi connectivity index (χ2v) is 4.56. The summed E-state index contributed by atoms with van der Waals surface area (Å²) >= 11 is 0. The van der Waals surface area contributed by atoms with E-state index in [4.69, 9.17) is 0 Å². The van der Waals surface area contributed by atoms with E-state index in [1.807, 2.05) is 37.3 Å². The smallest absolute Gasteiger partial charge is 0.223 e. The number of carbonyl (C=O) groups is 1. The number of nitrogens with zero attached hydrogens (tertiary/aromatic N) is 2. The van der Waals surface area contributed by atoms with Gasteiger partial charge in [-0.1, -0.05) is 37.3 Å². The van der Waals surface area contributed by atoms with Gasteiger partial charge in [0.15, 0.2) is 0 Å². The molecule has 0 unspecified atom stereocenters. The van der Waals surface area contributed by atoms with Crippen molar-refractivity contribution in [3.63, 3.8) is 0 Å². The van der Waals surface area contributed by atoms with Crippen LogP contribution in [0.2, 0.25) is 0 Å². The number of aromatic amines is 1. The van der Waals surface area contributed by atoms with Crippen LogP contribution in [0.1, 0.15) is 18.3 Å². The number of hydrogen-bond donors (Lipinski definition) is 2. The molecule has 0 aliphatic carbocycles. The molecule has 0 bridgehead atoms. The Hall–Kier alpha value is -2.17. The molecule has 0 aliphatic rings. The molecule has 1 atom stereocenters. The molecular weight excluding hydrogens is 240 g/mol. The highest BCUT2D eigenvalue weighted by molar-refractivity contribution is 5.78. The van der Waals surface area contributed by atoms with E-state index in [1.165, 1.54) is 11.9 Å². The molecule has 5 heteroatoms. The largest absolute Gasteiger partial charge is 0.355 e. The molecule has 2 aromatic rings. The van der Waals surface area contributed by atoms with E-state index in [-0.39, 0.29) is 11.8 Å². The number of H-pyrrole nitrogens is 1. The Morgan fingerprint density at radius 2 is 2.16 bits per heavy atom. The molecule has 5 nitrogen and oxygen atoms in total. The minimum Gasteiger partial charge on any atom is -0.355 e. The second-order valence-electron chi connectivity index (χ2n) is 4.56. The Balaban J connectivity index is 1.73. The summed E-state index contributed by atoms with van der Waals surface area (Å²) in [6.07, 6.45) is 2.90. The van der Waals surface area contributed by atoms with Crippen LogP contribution in [0.15, 0.2) is 36.7 Å². The van der Waals surface area contributed by atoms with Crippen LogP contribution in [0.25, 0.3) is 0 Å². The van der Waals surface area contributed by atoms with Gasteiger partial charge in [0.05, 0.1) is 0 Å². The van der Waals surface area contributed by atoms with Gasteiger partial charge in [-0.05, 0) is 12.0 Å². The van der Waals surface area contributed by atoms with Gasteiger partial charge in [-0.15, -0.1) is 0 Å². The first kappa shape index (κ1) is 13.3. The van der Waals surface area contributed by atoms with Crippen LogP contribution in [-0.4, -0.2) is 27.6 Å². The van der Waals surface area contributed by atoms with Gasteiger partial charge in [-0.2, -0.15) is 5.10 Å². The average molecular weight is 258 g/mol. The fraction of sp³-hybridized carbons (Fsp3) is 0.357. The Kier molecular flexibility index (Phi) is 4.66. The molecule has 0 saturated heterocycles. The molecule has 0 saturated carbocycles. The lowest BCUT2D eigenvalue weighted by Gasteiger charge is -2.11. The maximum absolute atomic E-state index is 11.9. The standard InChI is InChI=1S/C14H18N4O/c1-11(9-12-5-3-2-4-6-12)14(19)15-8-7-13-16-10-17-18-13/h2-6,10-11H,7-9H2,1H3,(H,15,19)(H,16,17,18)/t11-/m1/s1. The van der Waals surface area contributed by atoms with Crippen molar-refractivity contribution < 1.29 is 4.79 Å². The Bertz CT molecular complexity index is 495. The topological polar surface area (TPSA) is 70.7 Å². The highest BCUT2D eigenvalue weighted by Gasteiger charge is 2.12. The van der Waals surface area contributed by atoms with Crippen molar-refractivity contribution in [2.45, 2.75) is 19.8 Å². The van der Waals surface area contributed by atoms with Gasteiger partial charge in [0.2, 0.25) is 5.91 Å². The zero-order valence-corrected chi connectivity index (χ0v) is 11.0. The summed E-state index contributed by atoms with van der Waals surface area (Å²) in [5.74, 6) is 0.830. The first-order valence-electron chi connectivity index (χ1n) is 6.41. The highest BCUT2D eigenvalue weighted by atomic mass is 16.1. The van der Waals surface area contributed by atoms with Gasteiger partial charge in [0.1, 0.15) is 12.2 Å². The van der Waals surface area contributed by atoms with Gasteiger partial charge >= 0.3 is 0 Å². The zero-order valence-electron chi connectivity index (χ0n) is 11.0. The molecule has 0 aliphatic heterocycles. The molecule has 0 fully saturated rings. The number of rotatable bonds is 6. The van der Waals surface area contributed by atoms with E-state index in [0.29, 0.717) is 13.0 Å². The monoisotopic (exact) mass is 258 g/mol. The van der Waals surface area contributed by atoms with Gasteiger partial charge in [-0.3, -0.25) is 9.89 Å². The van der Waals surface area contributed by atoms with E-state index < -0.39 is 0 Å². The minimum atomic E-state index is -0.0304. The van der Waals surface area contributed by atoms with Crippen molar-refractivity contribution in [2.75, 3.05) is 6.54 Å². The molecule has 1 aromatic carbocycles. The maximum Gasteiger partial charge on any atom is 0.223 e. The van der Waals surface area contributed by atoms with Crippen LogP contribution in [0.4, 0.5) is 0 Å². The molecule has 2 N–H and O–H groups in total. The molecule has 19 heavy (non-hydrogen) atoms. The number of carbonyl (C=O) groups excluding carboxylic acids is 1. The van der Waals surface area contributed by atoms with Crippen molar-refractivity contribution in [1.82, 2.24) is 20.5 Å². The second kappa shape index (κ2) is 6.68. The molecule has 0 spiro atoms. The summed E-state index contributed by atoms with van der Waals surface area (Å²) in [6.45, 7) is 2.52. The third-order valence-corrected chi connectivity index (χ3v) is 2.96. The Morgan fingerprint density at radius 1 is 1.37 bits per heavy atom. The van der Waals surface area contributed by atoms with Crippen LogP contribution in [0.5, 0.6) is 0 Å². The van der Waals surface area contributed by atoms with Crippen molar-refractivity contribution in [3.05, 3.63) is 48.0 Å². The highest BCUT2D eigenvalue weighted by Crippen LogP contribution is 2.08. The van der Waals surface area contributed by atoms with Gasteiger partial charge in [0.25, 0.3) is 0 Å². The third-order valence-electron chi connectivity index (χ3n) is 2.96. The lowest BCUT2D eigenvalue weighted by atomic mass is 10.0. The number of benzene rings is 1. The van der Waals surface area contributed by atoms with Crippen molar-refractivity contribution in [3.8, 4) is 0 Å². The first-order chi connectivity index (χ1) is 9.25. The van der Waals surface area contributed by atoms with Gasteiger partial charge < -0.3 is 5.32 Å². The predicted octanol–water partition coefficient (Wildman–Crippen LogP) is 1.34. The molecule has 1 amide bonds. The van der Waals surface area contributed by atoms with Crippen molar-refractivity contribution in [2.24, 2.45) is 5.92 Å². The summed E-state index contributed by atoms with van der Waals surface area (Å²) < 4.78 is 0. The van der Waals surface area contributed by atoms with E-state index in [1.54, 1.807) is 0 Å². The van der Waals surface area contributed by atoms with E-state index in [0.717, 1.165) is 12.2 Å². The Labute approximate surface area is 112 Å². The van der Waals surface area contributed by atoms with Crippen molar-refractivity contribution in [1.29, 1.82) is 0 Å². The van der Waals surface area contributed by atoms with Crippen LogP contribution < -0.4 is 5.32 Å². The quantitative estimate of drug-likeness (QED) is 0.821. The fourth-order valence-electron chi connectivity index (χ4n) is 1.89. The molecular formula is C14H18N4O. The average Bonchev–Trinajstić information content (AvgIpc) is 2.93. The zero-order chi connectivity index (χ0) is 13.5. The summed E-state index contributed by atoms with van der Waals surface area (Å²) in [5.41, 5.74) is 1.18. The number of amides is 1. The van der Waals surface area contributed by atoms with E-state index in [2.05, 4.69) is 20.5 Å². The molecule has 100 valence electrons. The fourth-order valence-corrected chi connectivity index (χ4v) is 1.89. The van der Waals surface area contributed by atoms with E-state index in [9.17, 15) is 4.79 Å². The summed E-state index contributed by atoms with van der Waals surface area (Å²) in [4.78, 5) is 15.9. The van der Waals surface area contributed by atoms with Crippen LogP contribution in [0.3, 0.4) is 0 Å². The summed E-state index contributed by atoms with van der Waals surface area (Å²) in [7, 11) is 0. The van der Waals surface area contributed by atoms with Gasteiger partial charge in [0, 0.05) is 18.9 Å². The number of nitrogens with one attached hydrogen (secondary N) is 2. The summed E-state index contributed by atoms with van der Waals surface area (Å²) in [6, 6.07) is 10.0. The van der Waals surface area contributed by atoms with E-state index >= 15 is 0 Å². The molecule has 2 rings (SSSR count).